The number of anilines is 1. The fourth-order valence-corrected chi connectivity index (χ4v) is 11.5. The third-order valence-electron chi connectivity index (χ3n) is 15.5. The number of hydrogen-bond acceptors (Lipinski definition) is 12. The van der Waals surface area contributed by atoms with Crippen molar-refractivity contribution in [3.63, 3.8) is 0 Å². The van der Waals surface area contributed by atoms with E-state index < -0.39 is 47.4 Å². The molecule has 2 saturated heterocycles. The number of cyclic esters (lactones) is 1. The van der Waals surface area contributed by atoms with E-state index in [4.69, 9.17) is 19.2 Å². The number of carbonyl (C=O) groups is 4. The Balaban J connectivity index is 1.13. The van der Waals surface area contributed by atoms with E-state index in [1.165, 1.54) is 9.91 Å². The minimum absolute atomic E-state index is 0.00977. The number of piperazine rings is 1. The molecule has 4 aliphatic heterocycles. The molecule has 6 bridgehead atoms. The summed E-state index contributed by atoms with van der Waals surface area (Å²) in [6.45, 7) is 16.9. The Kier molecular flexibility index (Phi) is 15.8. The summed E-state index contributed by atoms with van der Waals surface area (Å²) in [6, 6.07) is 20.5. The highest BCUT2D eigenvalue weighted by molar-refractivity contribution is 5.96. The van der Waals surface area contributed by atoms with Crippen LogP contribution in [0.1, 0.15) is 82.4 Å². The molecular weight excluding hydrogens is 949 g/mol. The number of fused-ring (bicyclic) bond motifs is 6. The average molecular weight is 1020 g/mol. The van der Waals surface area contributed by atoms with Crippen LogP contribution in [0.25, 0.3) is 33.3 Å². The number of rotatable bonds is 11. The van der Waals surface area contributed by atoms with Gasteiger partial charge in [0, 0.05) is 87.7 Å². The van der Waals surface area contributed by atoms with Gasteiger partial charge in [0.15, 0.2) is 0 Å². The lowest BCUT2D eigenvalue weighted by molar-refractivity contribution is -0.152. The van der Waals surface area contributed by atoms with Crippen LogP contribution in [-0.4, -0.2) is 145 Å². The first-order valence-corrected chi connectivity index (χ1v) is 26.5. The molecule has 3 amide bonds. The maximum absolute atomic E-state index is 14.9. The van der Waals surface area contributed by atoms with Gasteiger partial charge >= 0.3 is 5.97 Å². The van der Waals surface area contributed by atoms with E-state index in [2.05, 4.69) is 77.2 Å². The lowest BCUT2D eigenvalue weighted by atomic mass is 9.84. The Labute approximate surface area is 441 Å². The number of nitrogens with one attached hydrogen (secondary N) is 2. The predicted octanol–water partition coefficient (Wildman–Crippen LogP) is 7.04. The van der Waals surface area contributed by atoms with Crippen molar-refractivity contribution in [2.75, 3.05) is 72.0 Å². The molecule has 16 nitrogen and oxygen atoms in total. The molecule has 2 fully saturated rings. The molecule has 2 aromatic heterocycles. The molecule has 6 unspecified atom stereocenters. The number of phenolic OH excluding ortho intramolecular Hbond substituents is 1. The van der Waals surface area contributed by atoms with Crippen LogP contribution < -0.4 is 15.6 Å². The second-order valence-electron chi connectivity index (χ2n) is 21.9. The van der Waals surface area contributed by atoms with Gasteiger partial charge in [0.05, 0.1) is 42.5 Å². The van der Waals surface area contributed by atoms with Crippen molar-refractivity contribution < 1.29 is 38.5 Å². The number of methoxy groups -OCH3 is 1. The number of aromatic nitrogens is 2. The largest absolute Gasteiger partial charge is 0.508 e. The zero-order valence-corrected chi connectivity index (χ0v) is 45.0. The Morgan fingerprint density at radius 1 is 1.00 bits per heavy atom. The molecule has 6 heterocycles. The Hall–Kier alpha value is -6.59. The number of likely N-dealkylation sites (N-methyl/N-ethyl adjacent to an activating group) is 2. The second kappa shape index (κ2) is 22.3. The van der Waals surface area contributed by atoms with Crippen LogP contribution in [0.2, 0.25) is 0 Å². The van der Waals surface area contributed by atoms with Gasteiger partial charge in [0.2, 0.25) is 5.91 Å². The van der Waals surface area contributed by atoms with Gasteiger partial charge in [-0.3, -0.25) is 24.4 Å². The van der Waals surface area contributed by atoms with Crippen LogP contribution in [-0.2, 0) is 52.8 Å². The molecule has 16 heteroatoms. The summed E-state index contributed by atoms with van der Waals surface area (Å²) in [5.41, 5.74) is 11.5. The van der Waals surface area contributed by atoms with Crippen molar-refractivity contribution in [2.45, 2.75) is 104 Å². The molecule has 0 spiro atoms. The maximum atomic E-state index is 14.9. The minimum atomic E-state index is -1.20. The second-order valence-corrected chi connectivity index (χ2v) is 21.9. The molecular formula is C59H74N8O8. The summed E-state index contributed by atoms with van der Waals surface area (Å²) in [7, 11) is 5.46. The Bertz CT molecular complexity index is 2950. The number of aromatic hydroxyl groups is 1. The fourth-order valence-electron chi connectivity index (χ4n) is 11.5. The number of nitrogens with zero attached hydrogens (tertiary/aromatic N) is 6. The molecule has 0 aliphatic carbocycles. The maximum Gasteiger partial charge on any atom is 0.328 e. The van der Waals surface area contributed by atoms with Crippen molar-refractivity contribution in [2.24, 2.45) is 11.3 Å². The molecule has 5 aromatic rings. The van der Waals surface area contributed by atoms with E-state index in [0.29, 0.717) is 31.6 Å². The van der Waals surface area contributed by atoms with Gasteiger partial charge in [-0.25, -0.2) is 10.2 Å². The van der Waals surface area contributed by atoms with Crippen molar-refractivity contribution in [1.29, 1.82) is 0 Å². The molecule has 398 valence electrons. The van der Waals surface area contributed by atoms with Crippen LogP contribution in [0, 0.1) is 11.3 Å². The number of carbonyl (C=O) groups excluding carboxylic acids is 4. The number of hydrazine groups is 1. The van der Waals surface area contributed by atoms with E-state index >= 15 is 0 Å². The zero-order chi connectivity index (χ0) is 53.3. The highest BCUT2D eigenvalue weighted by Crippen LogP contribution is 2.43. The number of esters is 1. The van der Waals surface area contributed by atoms with Crippen LogP contribution in [0.5, 0.6) is 5.75 Å². The summed E-state index contributed by atoms with van der Waals surface area (Å²) in [5.74, 6) is -2.45. The van der Waals surface area contributed by atoms with E-state index in [9.17, 15) is 24.3 Å². The Morgan fingerprint density at radius 3 is 2.48 bits per heavy atom. The van der Waals surface area contributed by atoms with E-state index in [0.717, 1.165) is 82.0 Å². The Morgan fingerprint density at radius 2 is 1.76 bits per heavy atom. The van der Waals surface area contributed by atoms with E-state index in [1.54, 1.807) is 38.4 Å². The smallest absolute Gasteiger partial charge is 0.328 e. The lowest BCUT2D eigenvalue weighted by Crippen LogP contribution is -2.61. The van der Waals surface area contributed by atoms with Crippen LogP contribution in [0.15, 0.2) is 91.1 Å². The third kappa shape index (κ3) is 11.2. The summed E-state index contributed by atoms with van der Waals surface area (Å²) < 4.78 is 20.6. The van der Waals surface area contributed by atoms with Gasteiger partial charge in [0.25, 0.3) is 11.8 Å². The summed E-state index contributed by atoms with van der Waals surface area (Å²) in [6.07, 6.45) is 5.44. The van der Waals surface area contributed by atoms with E-state index in [-0.39, 0.29) is 49.2 Å². The SMILES string of the molecule is CCn1c(-c2cc(N3CCN(C)CC3)cnc2C(C)OC)c2c3cc(ccc31)-c1cc(O)cc(c1)CC(NC(=O)C(C(C)C)N(C)C(=O)C1OCCC1c1ccccc1)C(=O)N1CC=CC(N1)C(=O)OCC(C)(C)C2. The van der Waals surface area contributed by atoms with Gasteiger partial charge < -0.3 is 43.9 Å². The van der Waals surface area contributed by atoms with Gasteiger partial charge in [-0.15, -0.1) is 0 Å². The summed E-state index contributed by atoms with van der Waals surface area (Å²) in [5, 5.41) is 16.9. The lowest BCUT2D eigenvalue weighted by Gasteiger charge is -2.36. The van der Waals surface area contributed by atoms with Crippen molar-refractivity contribution in [1.82, 2.24) is 35.1 Å². The molecule has 6 atom stereocenters. The third-order valence-corrected chi connectivity index (χ3v) is 15.5. The van der Waals surface area contributed by atoms with Crippen molar-refractivity contribution >= 4 is 40.3 Å². The number of ether oxygens (including phenoxy) is 3. The normalized spacial score (nSPS) is 22.2. The molecule has 0 saturated carbocycles. The van der Waals surface area contributed by atoms with Crippen molar-refractivity contribution in [3.8, 4) is 28.1 Å². The van der Waals surface area contributed by atoms with Crippen LogP contribution in [0.4, 0.5) is 5.69 Å². The molecule has 0 radical (unpaired) electrons. The highest BCUT2D eigenvalue weighted by atomic mass is 16.5. The molecule has 3 N–H and O–H groups in total. The topological polar surface area (TPSA) is 171 Å². The minimum Gasteiger partial charge on any atom is -0.508 e. The van der Waals surface area contributed by atoms with Crippen molar-refractivity contribution in [3.05, 3.63) is 114 Å². The van der Waals surface area contributed by atoms with Gasteiger partial charge in [0.1, 0.15) is 30.0 Å². The van der Waals surface area contributed by atoms with Gasteiger partial charge in [-0.1, -0.05) is 82.3 Å². The number of hydrogen-bond donors (Lipinski definition) is 3. The standard InChI is InChI=1S/C59H74N8O8/c1-10-66-50-19-18-40-31-45(50)47(53(66)46-32-42(34-60-51(46)37(4)73-9)65-24-22-63(7)23-25-65)33-59(5,6)35-75-58(72)48-17-14-21-67(62-48)56(70)49(29-38-27-41(40)30-43(68)28-38)61-55(69)52(36(2)3)64(8)57(71)54-44(20-26-74-54)39-15-12-11-13-16-39/h11-19,27-28,30-32,34,36-37,44,48-49,52,54,62,68H,10,20-26,29,33,35H2,1-9H3,(H,61,69). The summed E-state index contributed by atoms with van der Waals surface area (Å²) >= 11 is 0. The van der Waals surface area contributed by atoms with Gasteiger partial charge in [-0.2, -0.15) is 0 Å². The molecule has 75 heavy (non-hydrogen) atoms. The summed E-state index contributed by atoms with van der Waals surface area (Å²) in [4.78, 5) is 69.4. The molecule has 3 aromatic carbocycles. The van der Waals surface area contributed by atoms with E-state index in [1.807, 2.05) is 63.4 Å². The van der Waals surface area contributed by atoms with Gasteiger partial charge in [-0.05, 0) is 97.8 Å². The first-order valence-electron chi connectivity index (χ1n) is 26.5. The number of phenols is 1. The van der Waals surface area contributed by atoms with Crippen LogP contribution >= 0.6 is 0 Å². The number of aryl methyl sites for hydroxylation is 1. The monoisotopic (exact) mass is 1020 g/mol. The average Bonchev–Trinajstić information content (AvgIpc) is 4.03. The number of amides is 3. The fraction of sp³-hybridized carbons (Fsp3) is 0.475. The number of pyridine rings is 1. The first kappa shape index (κ1) is 53.2. The molecule has 9 rings (SSSR count). The predicted molar refractivity (Wildman–Crippen MR) is 290 cm³/mol. The molecule has 4 aliphatic rings. The zero-order valence-electron chi connectivity index (χ0n) is 45.0. The number of benzene rings is 3. The first-order chi connectivity index (χ1) is 35.9. The highest BCUT2D eigenvalue weighted by Gasteiger charge is 2.42. The van der Waals surface area contributed by atoms with Crippen LogP contribution in [0.3, 0.4) is 0 Å². The quantitative estimate of drug-likeness (QED) is 0.0913.